The highest BCUT2D eigenvalue weighted by Crippen LogP contribution is 2.14. The molecule has 0 aliphatic carbocycles. The predicted octanol–water partition coefficient (Wildman–Crippen LogP) is -0.421. The number of carbonyl (C=O) groups is 2. The molecule has 1 heterocycles. The smallest absolute Gasteiger partial charge is 0.224 e. The molecular weight excluding hydrogens is 206 g/mol. The average molecular weight is 227 g/mol. The van der Waals surface area contributed by atoms with Crippen LogP contribution in [0.4, 0.5) is 0 Å². The van der Waals surface area contributed by atoms with Gasteiger partial charge in [0.05, 0.1) is 5.92 Å². The van der Waals surface area contributed by atoms with Crippen LogP contribution in [-0.2, 0) is 9.59 Å². The van der Waals surface area contributed by atoms with Crippen molar-refractivity contribution in [3.63, 3.8) is 0 Å². The quantitative estimate of drug-likeness (QED) is 0.685. The molecule has 1 fully saturated rings. The van der Waals surface area contributed by atoms with Gasteiger partial charge in [-0.3, -0.25) is 9.59 Å². The molecule has 2 amide bonds. The standard InChI is InChI=1S/C11H21N3O2/c1-8-9(4-6-12-8)11(16)13-7-5-10(15)14(2)3/h8-9,12H,4-7H2,1-3H3,(H,13,16). The van der Waals surface area contributed by atoms with Crippen molar-refractivity contribution in [2.75, 3.05) is 27.2 Å². The Bertz CT molecular complexity index is 266. The largest absolute Gasteiger partial charge is 0.355 e. The van der Waals surface area contributed by atoms with Gasteiger partial charge in [-0.1, -0.05) is 0 Å². The van der Waals surface area contributed by atoms with Gasteiger partial charge in [0, 0.05) is 33.1 Å². The average Bonchev–Trinajstić information content (AvgIpc) is 2.64. The summed E-state index contributed by atoms with van der Waals surface area (Å²) in [6.07, 6.45) is 1.25. The summed E-state index contributed by atoms with van der Waals surface area (Å²) < 4.78 is 0. The topological polar surface area (TPSA) is 61.4 Å². The summed E-state index contributed by atoms with van der Waals surface area (Å²) in [6.45, 7) is 3.34. The van der Waals surface area contributed by atoms with Crippen LogP contribution in [0.1, 0.15) is 19.8 Å². The molecule has 0 spiro atoms. The maximum Gasteiger partial charge on any atom is 0.224 e. The number of hydrogen-bond donors (Lipinski definition) is 2. The summed E-state index contributed by atoms with van der Waals surface area (Å²) in [4.78, 5) is 24.5. The number of hydrogen-bond acceptors (Lipinski definition) is 3. The van der Waals surface area contributed by atoms with Crippen LogP contribution in [0.3, 0.4) is 0 Å². The van der Waals surface area contributed by atoms with E-state index in [9.17, 15) is 9.59 Å². The number of nitrogens with one attached hydrogen (secondary N) is 2. The Hall–Kier alpha value is -1.10. The van der Waals surface area contributed by atoms with Gasteiger partial charge in [0.2, 0.25) is 11.8 Å². The second kappa shape index (κ2) is 5.84. The molecule has 1 rings (SSSR count). The summed E-state index contributed by atoms with van der Waals surface area (Å²) >= 11 is 0. The molecule has 0 bridgehead atoms. The van der Waals surface area contributed by atoms with Crippen LogP contribution in [0.15, 0.2) is 0 Å². The van der Waals surface area contributed by atoms with Gasteiger partial charge >= 0.3 is 0 Å². The van der Waals surface area contributed by atoms with Crippen LogP contribution in [-0.4, -0.2) is 49.9 Å². The summed E-state index contributed by atoms with van der Waals surface area (Å²) in [5.41, 5.74) is 0. The van der Waals surface area contributed by atoms with Gasteiger partial charge in [0.15, 0.2) is 0 Å². The predicted molar refractivity (Wildman–Crippen MR) is 61.9 cm³/mol. The van der Waals surface area contributed by atoms with E-state index in [1.807, 2.05) is 6.92 Å². The van der Waals surface area contributed by atoms with Crippen LogP contribution in [0.2, 0.25) is 0 Å². The van der Waals surface area contributed by atoms with Gasteiger partial charge < -0.3 is 15.5 Å². The molecule has 2 atom stereocenters. The highest BCUT2D eigenvalue weighted by molar-refractivity contribution is 5.81. The minimum atomic E-state index is 0.0397. The fourth-order valence-corrected chi connectivity index (χ4v) is 1.86. The molecule has 1 aliphatic rings. The first-order chi connectivity index (χ1) is 7.52. The number of rotatable bonds is 4. The Labute approximate surface area is 96.6 Å². The summed E-state index contributed by atoms with van der Waals surface area (Å²) in [5, 5.41) is 6.05. The van der Waals surface area contributed by atoms with Crippen molar-refractivity contribution in [2.24, 2.45) is 5.92 Å². The maximum atomic E-state index is 11.7. The third kappa shape index (κ3) is 3.48. The normalized spacial score (nSPS) is 24.2. The molecule has 0 aromatic heterocycles. The van der Waals surface area contributed by atoms with Crippen molar-refractivity contribution in [3.8, 4) is 0 Å². The van der Waals surface area contributed by atoms with Crippen LogP contribution >= 0.6 is 0 Å². The van der Waals surface area contributed by atoms with E-state index in [1.165, 1.54) is 4.90 Å². The molecule has 92 valence electrons. The van der Waals surface area contributed by atoms with Crippen molar-refractivity contribution in [1.29, 1.82) is 0 Å². The van der Waals surface area contributed by atoms with Gasteiger partial charge in [-0.25, -0.2) is 0 Å². The molecule has 5 heteroatoms. The fraction of sp³-hybridized carbons (Fsp3) is 0.818. The van der Waals surface area contributed by atoms with E-state index in [1.54, 1.807) is 14.1 Å². The molecule has 2 unspecified atom stereocenters. The first-order valence-electron chi connectivity index (χ1n) is 5.73. The lowest BCUT2D eigenvalue weighted by Gasteiger charge is -2.15. The fourth-order valence-electron chi connectivity index (χ4n) is 1.86. The molecule has 0 aromatic rings. The molecule has 0 saturated carbocycles. The Morgan fingerprint density at radius 2 is 2.12 bits per heavy atom. The minimum absolute atomic E-state index is 0.0397. The van der Waals surface area contributed by atoms with Gasteiger partial charge in [-0.15, -0.1) is 0 Å². The Kier molecular flexibility index (Phi) is 4.73. The Morgan fingerprint density at radius 1 is 1.44 bits per heavy atom. The van der Waals surface area contributed by atoms with Gasteiger partial charge in [-0.2, -0.15) is 0 Å². The van der Waals surface area contributed by atoms with E-state index >= 15 is 0 Å². The van der Waals surface area contributed by atoms with E-state index < -0.39 is 0 Å². The van der Waals surface area contributed by atoms with Crippen LogP contribution in [0, 0.1) is 5.92 Å². The number of amides is 2. The SMILES string of the molecule is CC1NCCC1C(=O)NCCC(=O)N(C)C. The molecule has 0 radical (unpaired) electrons. The highest BCUT2D eigenvalue weighted by Gasteiger charge is 2.28. The van der Waals surface area contributed by atoms with Crippen LogP contribution in [0.25, 0.3) is 0 Å². The van der Waals surface area contributed by atoms with Crippen LogP contribution in [0.5, 0.6) is 0 Å². The number of nitrogens with zero attached hydrogens (tertiary/aromatic N) is 1. The Balaban J connectivity index is 2.22. The van der Waals surface area contributed by atoms with Crippen molar-refractivity contribution in [1.82, 2.24) is 15.5 Å². The monoisotopic (exact) mass is 227 g/mol. The molecular formula is C11H21N3O2. The molecule has 2 N–H and O–H groups in total. The van der Waals surface area contributed by atoms with Gasteiger partial charge in [0.1, 0.15) is 0 Å². The minimum Gasteiger partial charge on any atom is -0.355 e. The van der Waals surface area contributed by atoms with E-state index in [0.29, 0.717) is 13.0 Å². The van der Waals surface area contributed by atoms with Crippen molar-refractivity contribution in [3.05, 3.63) is 0 Å². The van der Waals surface area contributed by atoms with E-state index in [4.69, 9.17) is 0 Å². The summed E-state index contributed by atoms with van der Waals surface area (Å²) in [5.74, 6) is 0.149. The summed E-state index contributed by atoms with van der Waals surface area (Å²) in [7, 11) is 3.43. The van der Waals surface area contributed by atoms with Gasteiger partial charge in [0.25, 0.3) is 0 Å². The molecule has 1 saturated heterocycles. The second-order valence-corrected chi connectivity index (χ2v) is 4.47. The molecule has 16 heavy (non-hydrogen) atoms. The van der Waals surface area contributed by atoms with Crippen LogP contribution < -0.4 is 10.6 Å². The zero-order valence-electron chi connectivity index (χ0n) is 10.2. The lowest BCUT2D eigenvalue weighted by atomic mass is 10.0. The van der Waals surface area contributed by atoms with Crippen molar-refractivity contribution < 1.29 is 9.59 Å². The molecule has 1 aliphatic heterocycles. The molecule has 5 nitrogen and oxygen atoms in total. The lowest BCUT2D eigenvalue weighted by molar-refractivity contribution is -0.129. The Morgan fingerprint density at radius 3 is 2.62 bits per heavy atom. The maximum absolute atomic E-state index is 11.7. The zero-order chi connectivity index (χ0) is 12.1. The van der Waals surface area contributed by atoms with Crippen molar-refractivity contribution >= 4 is 11.8 Å². The first-order valence-corrected chi connectivity index (χ1v) is 5.73. The number of carbonyl (C=O) groups excluding carboxylic acids is 2. The third-order valence-corrected chi connectivity index (χ3v) is 3.00. The second-order valence-electron chi connectivity index (χ2n) is 4.47. The highest BCUT2D eigenvalue weighted by atomic mass is 16.2. The first kappa shape index (κ1) is 13.0. The summed E-state index contributed by atoms with van der Waals surface area (Å²) in [6, 6.07) is 0.240. The molecule has 0 aromatic carbocycles. The van der Waals surface area contributed by atoms with E-state index in [-0.39, 0.29) is 23.8 Å². The van der Waals surface area contributed by atoms with Gasteiger partial charge in [-0.05, 0) is 19.9 Å². The third-order valence-electron chi connectivity index (χ3n) is 3.00. The van der Waals surface area contributed by atoms with Crippen molar-refractivity contribution in [2.45, 2.75) is 25.8 Å². The lowest BCUT2D eigenvalue weighted by Crippen LogP contribution is -2.38. The zero-order valence-corrected chi connectivity index (χ0v) is 10.2. The van der Waals surface area contributed by atoms with E-state index in [0.717, 1.165) is 13.0 Å². The van der Waals surface area contributed by atoms with E-state index in [2.05, 4.69) is 10.6 Å².